The Kier molecular flexibility index (Phi) is 3.77. The molecule has 0 aliphatic carbocycles. The smallest absolute Gasteiger partial charge is 0.335 e. The van der Waals surface area contributed by atoms with Gasteiger partial charge in [-0.15, -0.1) is 0 Å². The number of aliphatic carboxylic acids is 1. The van der Waals surface area contributed by atoms with E-state index >= 15 is 0 Å². The van der Waals surface area contributed by atoms with Gasteiger partial charge in [0.25, 0.3) is 0 Å². The van der Waals surface area contributed by atoms with Crippen molar-refractivity contribution in [3.05, 3.63) is 41.2 Å². The van der Waals surface area contributed by atoms with Gasteiger partial charge in [0, 0.05) is 0 Å². The number of halogens is 1. The maximum atomic E-state index is 13.0. The number of aromatic carboxylic acids is 1. The molecule has 0 atom stereocenters. The van der Waals surface area contributed by atoms with Crippen LogP contribution in [0.3, 0.4) is 0 Å². The molecule has 0 fully saturated rings. The molecular formula is C11H9FO4. The molecule has 0 radical (unpaired) electrons. The second-order valence-corrected chi connectivity index (χ2v) is 3.08. The molecular weight excluding hydrogens is 215 g/mol. The third-order valence-corrected chi connectivity index (χ3v) is 1.77. The van der Waals surface area contributed by atoms with Gasteiger partial charge >= 0.3 is 11.9 Å². The summed E-state index contributed by atoms with van der Waals surface area (Å²) in [5.74, 6) is -2.91. The number of carbonyl (C=O) groups is 2. The Morgan fingerprint density at radius 1 is 1.25 bits per heavy atom. The summed E-state index contributed by atoms with van der Waals surface area (Å²) in [5, 5.41) is 17.0. The molecule has 0 aromatic heterocycles. The zero-order valence-electron chi connectivity index (χ0n) is 8.18. The Morgan fingerprint density at radius 2 is 1.94 bits per heavy atom. The first-order chi connectivity index (χ1) is 7.49. The normalized spacial score (nSPS) is 10.6. The first-order valence-electron chi connectivity index (χ1n) is 4.41. The summed E-state index contributed by atoms with van der Waals surface area (Å²) in [6.45, 7) is 0. The van der Waals surface area contributed by atoms with Gasteiger partial charge in [-0.05, 0) is 23.8 Å². The maximum Gasteiger partial charge on any atom is 0.335 e. The number of hydrogen-bond donors (Lipinski definition) is 2. The van der Waals surface area contributed by atoms with Crippen molar-refractivity contribution in [1.82, 2.24) is 0 Å². The summed E-state index contributed by atoms with van der Waals surface area (Å²) >= 11 is 0. The van der Waals surface area contributed by atoms with Crippen LogP contribution in [-0.4, -0.2) is 22.2 Å². The minimum absolute atomic E-state index is 0.171. The van der Waals surface area contributed by atoms with Gasteiger partial charge in [-0.25, -0.2) is 9.18 Å². The van der Waals surface area contributed by atoms with E-state index in [1.807, 2.05) is 0 Å². The zero-order chi connectivity index (χ0) is 12.1. The molecule has 4 nitrogen and oxygen atoms in total. The molecule has 0 unspecified atom stereocenters. The molecule has 0 saturated heterocycles. The molecule has 0 heterocycles. The largest absolute Gasteiger partial charge is 0.481 e. The highest BCUT2D eigenvalue weighted by molar-refractivity contribution is 5.88. The van der Waals surface area contributed by atoms with E-state index in [9.17, 15) is 14.0 Å². The second-order valence-electron chi connectivity index (χ2n) is 3.08. The van der Waals surface area contributed by atoms with Crippen molar-refractivity contribution in [2.75, 3.05) is 0 Å². The van der Waals surface area contributed by atoms with Crippen molar-refractivity contribution >= 4 is 18.0 Å². The summed E-state index contributed by atoms with van der Waals surface area (Å²) in [4.78, 5) is 20.8. The van der Waals surface area contributed by atoms with E-state index < -0.39 is 17.8 Å². The van der Waals surface area contributed by atoms with Gasteiger partial charge in [-0.3, -0.25) is 4.79 Å². The highest BCUT2D eigenvalue weighted by Crippen LogP contribution is 2.11. The number of carboxylic acids is 2. The van der Waals surface area contributed by atoms with Crippen LogP contribution in [0, 0.1) is 5.82 Å². The molecule has 0 bridgehead atoms. The van der Waals surface area contributed by atoms with Crippen LogP contribution in [0.5, 0.6) is 0 Å². The monoisotopic (exact) mass is 224 g/mol. The molecule has 2 N–H and O–H groups in total. The molecule has 84 valence electrons. The fourth-order valence-corrected chi connectivity index (χ4v) is 1.13. The molecule has 5 heteroatoms. The third kappa shape index (κ3) is 3.53. The quantitative estimate of drug-likeness (QED) is 0.820. The van der Waals surface area contributed by atoms with Crippen LogP contribution in [0.1, 0.15) is 22.3 Å². The van der Waals surface area contributed by atoms with E-state index in [0.717, 1.165) is 12.1 Å². The van der Waals surface area contributed by atoms with Crippen LogP contribution in [0.2, 0.25) is 0 Å². The van der Waals surface area contributed by atoms with Crippen LogP contribution in [0.4, 0.5) is 4.39 Å². The van der Waals surface area contributed by atoms with Gasteiger partial charge in [-0.1, -0.05) is 12.2 Å². The minimum Gasteiger partial charge on any atom is -0.481 e. The molecule has 0 spiro atoms. The zero-order valence-corrected chi connectivity index (χ0v) is 8.18. The van der Waals surface area contributed by atoms with E-state index in [0.29, 0.717) is 5.56 Å². The van der Waals surface area contributed by atoms with Gasteiger partial charge < -0.3 is 10.2 Å². The maximum absolute atomic E-state index is 13.0. The van der Waals surface area contributed by atoms with E-state index in [1.54, 1.807) is 0 Å². The van der Waals surface area contributed by atoms with Gasteiger partial charge in [0.1, 0.15) is 5.82 Å². The lowest BCUT2D eigenvalue weighted by Crippen LogP contribution is -1.97. The minimum atomic E-state index is -1.23. The third-order valence-electron chi connectivity index (χ3n) is 1.77. The fourth-order valence-electron chi connectivity index (χ4n) is 1.13. The molecule has 0 aliphatic rings. The predicted molar refractivity (Wildman–Crippen MR) is 54.6 cm³/mol. The Hall–Kier alpha value is -2.17. The summed E-state index contributed by atoms with van der Waals surface area (Å²) < 4.78 is 13.0. The molecule has 0 saturated carbocycles. The fraction of sp³-hybridized carbons (Fsp3) is 0.0909. The summed E-state index contributed by atoms with van der Waals surface area (Å²) in [7, 11) is 0. The van der Waals surface area contributed by atoms with E-state index in [1.165, 1.54) is 18.2 Å². The Balaban J connectivity index is 2.92. The van der Waals surface area contributed by atoms with E-state index in [-0.39, 0.29) is 12.0 Å². The van der Waals surface area contributed by atoms with E-state index in [2.05, 4.69) is 0 Å². The number of benzene rings is 1. The topological polar surface area (TPSA) is 74.6 Å². The lowest BCUT2D eigenvalue weighted by Gasteiger charge is -1.98. The highest BCUT2D eigenvalue weighted by Gasteiger charge is 2.05. The number of hydrogen-bond acceptors (Lipinski definition) is 2. The molecule has 1 aromatic rings. The van der Waals surface area contributed by atoms with Crippen molar-refractivity contribution in [2.45, 2.75) is 6.42 Å². The first kappa shape index (κ1) is 11.9. The number of rotatable bonds is 4. The van der Waals surface area contributed by atoms with Gasteiger partial charge in [0.05, 0.1) is 12.0 Å². The van der Waals surface area contributed by atoms with Crippen LogP contribution < -0.4 is 0 Å². The Labute approximate surface area is 90.6 Å². The van der Waals surface area contributed by atoms with E-state index in [4.69, 9.17) is 10.2 Å². The molecule has 16 heavy (non-hydrogen) atoms. The van der Waals surface area contributed by atoms with Crippen molar-refractivity contribution in [3.63, 3.8) is 0 Å². The Morgan fingerprint density at radius 3 is 2.50 bits per heavy atom. The van der Waals surface area contributed by atoms with Crippen molar-refractivity contribution in [3.8, 4) is 0 Å². The average molecular weight is 224 g/mol. The van der Waals surface area contributed by atoms with Crippen molar-refractivity contribution in [1.29, 1.82) is 0 Å². The molecule has 0 amide bonds. The number of carboxylic acid groups (broad SMARTS) is 2. The highest BCUT2D eigenvalue weighted by atomic mass is 19.1. The van der Waals surface area contributed by atoms with Gasteiger partial charge in [0.15, 0.2) is 0 Å². The van der Waals surface area contributed by atoms with Gasteiger partial charge in [0.2, 0.25) is 0 Å². The second kappa shape index (κ2) is 5.06. The lowest BCUT2D eigenvalue weighted by atomic mass is 10.1. The SMILES string of the molecule is O=C(O)CC=Cc1cc(F)cc(C(=O)O)c1. The average Bonchev–Trinajstić information content (AvgIpc) is 2.16. The van der Waals surface area contributed by atoms with Crippen LogP contribution in [0.15, 0.2) is 24.3 Å². The summed E-state index contributed by atoms with van der Waals surface area (Å²) in [5.41, 5.74) is 0.147. The van der Waals surface area contributed by atoms with Crippen molar-refractivity contribution in [2.24, 2.45) is 0 Å². The Bertz CT molecular complexity index is 451. The van der Waals surface area contributed by atoms with Gasteiger partial charge in [-0.2, -0.15) is 0 Å². The standard InChI is InChI=1S/C11H9FO4/c12-9-5-7(2-1-3-10(13)14)4-8(6-9)11(15)16/h1-2,4-6H,3H2,(H,13,14)(H,15,16). The van der Waals surface area contributed by atoms with Crippen LogP contribution >= 0.6 is 0 Å². The molecule has 1 rings (SSSR count). The van der Waals surface area contributed by atoms with Crippen molar-refractivity contribution < 1.29 is 24.2 Å². The lowest BCUT2D eigenvalue weighted by molar-refractivity contribution is -0.135. The molecule has 1 aromatic carbocycles. The first-order valence-corrected chi connectivity index (χ1v) is 4.41. The van der Waals surface area contributed by atoms with Crippen LogP contribution in [-0.2, 0) is 4.79 Å². The molecule has 0 aliphatic heterocycles. The summed E-state index contributed by atoms with van der Waals surface area (Å²) in [6.07, 6.45) is 2.49. The summed E-state index contributed by atoms with van der Waals surface area (Å²) in [6, 6.07) is 3.30. The van der Waals surface area contributed by atoms with Crippen LogP contribution in [0.25, 0.3) is 6.08 Å². The predicted octanol–water partition coefficient (Wildman–Crippen LogP) is 2.01.